The normalized spacial score (nSPS) is 11.6. The summed E-state index contributed by atoms with van der Waals surface area (Å²) in [4.78, 5) is 25.2. The van der Waals surface area contributed by atoms with E-state index < -0.39 is 0 Å². The van der Waals surface area contributed by atoms with Crippen molar-refractivity contribution in [3.63, 3.8) is 0 Å². The van der Waals surface area contributed by atoms with Crippen molar-refractivity contribution in [3.8, 4) is 17.1 Å². The maximum absolute atomic E-state index is 13.2. The number of unbranched alkanes of at least 4 members (excludes halogenated alkanes) is 2. The highest BCUT2D eigenvalue weighted by molar-refractivity contribution is 9.10. The quantitative estimate of drug-likeness (QED) is 0.208. The van der Waals surface area contributed by atoms with E-state index in [0.29, 0.717) is 70.8 Å². The van der Waals surface area contributed by atoms with Gasteiger partial charge in [-0.3, -0.25) is 9.36 Å². The van der Waals surface area contributed by atoms with Crippen LogP contribution in [-0.4, -0.2) is 46.4 Å². The fraction of sp³-hybridized carbons (Fsp3) is 0.391. The highest BCUT2D eigenvalue weighted by atomic mass is 79.9. The van der Waals surface area contributed by atoms with E-state index in [-0.39, 0.29) is 5.56 Å². The van der Waals surface area contributed by atoms with Gasteiger partial charge in [-0.25, -0.2) is 9.38 Å². The van der Waals surface area contributed by atoms with Gasteiger partial charge < -0.3 is 14.2 Å². The van der Waals surface area contributed by atoms with Gasteiger partial charge >= 0.3 is 0 Å². The first kappa shape index (κ1) is 23.2. The number of methoxy groups -OCH3 is 1. The van der Waals surface area contributed by atoms with Crippen LogP contribution in [0.2, 0.25) is 0 Å². The van der Waals surface area contributed by atoms with Crippen LogP contribution >= 0.6 is 15.9 Å². The molecule has 5 aromatic rings. The Hall–Kier alpha value is -3.54. The summed E-state index contributed by atoms with van der Waals surface area (Å²) in [5.41, 5.74) is 1.57. The van der Waals surface area contributed by atoms with Gasteiger partial charge in [0.1, 0.15) is 11.6 Å². The van der Waals surface area contributed by atoms with E-state index in [2.05, 4.69) is 53.2 Å². The zero-order chi connectivity index (χ0) is 24.4. The number of aryl methyl sites for hydroxylation is 3. The third kappa shape index (κ3) is 4.45. The van der Waals surface area contributed by atoms with Gasteiger partial charge in [0, 0.05) is 19.4 Å². The van der Waals surface area contributed by atoms with Crippen molar-refractivity contribution in [2.24, 2.45) is 0 Å². The van der Waals surface area contributed by atoms with Crippen molar-refractivity contribution < 1.29 is 9.26 Å². The minimum Gasteiger partial charge on any atom is -0.496 e. The molecule has 0 spiro atoms. The number of H-pyrrole nitrogens is 1. The van der Waals surface area contributed by atoms with Gasteiger partial charge in [-0.1, -0.05) is 37.1 Å². The van der Waals surface area contributed by atoms with Crippen molar-refractivity contribution in [1.82, 2.24) is 39.3 Å². The Morgan fingerprint density at radius 3 is 2.80 bits per heavy atom. The minimum absolute atomic E-state index is 0.212. The van der Waals surface area contributed by atoms with Crippen molar-refractivity contribution in [2.75, 3.05) is 7.11 Å². The van der Waals surface area contributed by atoms with Gasteiger partial charge in [0.2, 0.25) is 17.5 Å². The van der Waals surface area contributed by atoms with Crippen LogP contribution in [0.5, 0.6) is 5.75 Å². The zero-order valence-electron chi connectivity index (χ0n) is 19.5. The second-order valence-corrected chi connectivity index (χ2v) is 8.96. The molecule has 1 N–H and O–H groups in total. The summed E-state index contributed by atoms with van der Waals surface area (Å²) in [6.07, 6.45) is 4.86. The maximum atomic E-state index is 13.2. The number of hydrogen-bond donors (Lipinski definition) is 1. The number of hydrogen-bond acceptors (Lipinski definition) is 8. The molecule has 0 amide bonds. The van der Waals surface area contributed by atoms with E-state index in [4.69, 9.17) is 9.26 Å². The van der Waals surface area contributed by atoms with E-state index in [1.807, 2.05) is 28.8 Å². The standard InChI is InChI=1S/C23H25BrN8O3/c1-3-4-7-13-31-20-18(26-22(24)27-20)21(33)32-16(28-29-23(31)32)11-8-12-17-25-19(30-35-17)14-9-5-6-10-15(14)34-2/h5-6,9-10H,3-4,7-8,11-13H2,1-2H3,(H,26,27). The average molecular weight is 541 g/mol. The Kier molecular flexibility index (Phi) is 6.62. The van der Waals surface area contributed by atoms with E-state index in [1.165, 1.54) is 0 Å². The largest absolute Gasteiger partial charge is 0.496 e. The summed E-state index contributed by atoms with van der Waals surface area (Å²) in [6.45, 7) is 2.86. The molecule has 0 atom stereocenters. The summed E-state index contributed by atoms with van der Waals surface area (Å²) in [7, 11) is 1.61. The van der Waals surface area contributed by atoms with Crippen LogP contribution in [0, 0.1) is 0 Å². The number of nitrogens with zero attached hydrogens (tertiary/aromatic N) is 7. The molecule has 0 bridgehead atoms. The van der Waals surface area contributed by atoms with Gasteiger partial charge in [-0.2, -0.15) is 4.98 Å². The van der Waals surface area contributed by atoms with Crippen LogP contribution in [0.1, 0.15) is 44.3 Å². The third-order valence-electron chi connectivity index (χ3n) is 5.88. The highest BCUT2D eigenvalue weighted by Crippen LogP contribution is 2.27. The van der Waals surface area contributed by atoms with Crippen LogP contribution in [-0.2, 0) is 19.4 Å². The first-order valence-corrected chi connectivity index (χ1v) is 12.4. The lowest BCUT2D eigenvalue weighted by Crippen LogP contribution is -2.21. The van der Waals surface area contributed by atoms with Crippen LogP contribution in [0.15, 0.2) is 38.3 Å². The number of aromatic amines is 1. The van der Waals surface area contributed by atoms with Crippen LogP contribution in [0.25, 0.3) is 28.3 Å². The predicted octanol–water partition coefficient (Wildman–Crippen LogP) is 3.95. The molecule has 0 radical (unpaired) electrons. The van der Waals surface area contributed by atoms with Crippen LogP contribution < -0.4 is 10.3 Å². The molecule has 11 nitrogen and oxygen atoms in total. The Morgan fingerprint density at radius 1 is 1.11 bits per heavy atom. The summed E-state index contributed by atoms with van der Waals surface area (Å²) in [6, 6.07) is 7.52. The first-order valence-electron chi connectivity index (χ1n) is 11.6. The predicted molar refractivity (Wildman–Crippen MR) is 132 cm³/mol. The maximum Gasteiger partial charge on any atom is 0.286 e. The molecule has 1 aromatic carbocycles. The van der Waals surface area contributed by atoms with Crippen LogP contribution in [0.3, 0.4) is 0 Å². The van der Waals surface area contributed by atoms with E-state index in [0.717, 1.165) is 24.8 Å². The number of para-hydroxylation sites is 1. The third-order valence-corrected chi connectivity index (χ3v) is 6.25. The summed E-state index contributed by atoms with van der Waals surface area (Å²) < 4.78 is 14.9. The number of ether oxygens (including phenoxy) is 1. The number of halogens is 1. The topological polar surface area (TPSA) is 129 Å². The zero-order valence-corrected chi connectivity index (χ0v) is 21.1. The van der Waals surface area contributed by atoms with Crippen molar-refractivity contribution >= 4 is 32.9 Å². The summed E-state index contributed by atoms with van der Waals surface area (Å²) >= 11 is 3.35. The molecule has 4 aromatic heterocycles. The SMILES string of the molecule is CCCCCn1c2nc(Br)[nH]c2c(=O)n2c(CCCc3nc(-c4ccccc4OC)no3)nnc12. The molecule has 0 saturated heterocycles. The van der Waals surface area contributed by atoms with Crippen molar-refractivity contribution in [1.29, 1.82) is 0 Å². The molecule has 0 aliphatic rings. The fourth-order valence-electron chi connectivity index (χ4n) is 4.16. The minimum atomic E-state index is -0.212. The molecule has 0 aliphatic carbocycles. The number of benzene rings is 1. The Labute approximate surface area is 208 Å². The van der Waals surface area contributed by atoms with Crippen LogP contribution in [0.4, 0.5) is 0 Å². The molecule has 0 unspecified atom stereocenters. The molecular formula is C23H25BrN8O3. The average Bonchev–Trinajstić information content (AvgIpc) is 3.60. The Morgan fingerprint density at radius 2 is 1.97 bits per heavy atom. The lowest BCUT2D eigenvalue weighted by molar-refractivity contribution is 0.375. The van der Waals surface area contributed by atoms with Crippen molar-refractivity contribution in [3.05, 3.63) is 51.1 Å². The van der Waals surface area contributed by atoms with Gasteiger partial charge in [0.05, 0.1) is 12.7 Å². The Balaban J connectivity index is 1.38. The van der Waals surface area contributed by atoms with E-state index in [9.17, 15) is 4.79 Å². The van der Waals surface area contributed by atoms with Gasteiger partial charge in [-0.05, 0) is 40.9 Å². The summed E-state index contributed by atoms with van der Waals surface area (Å²) in [5.74, 6) is 2.76. The highest BCUT2D eigenvalue weighted by Gasteiger charge is 2.20. The van der Waals surface area contributed by atoms with Gasteiger partial charge in [0.15, 0.2) is 15.9 Å². The van der Waals surface area contributed by atoms with E-state index >= 15 is 0 Å². The number of aromatic nitrogens is 8. The first-order chi connectivity index (χ1) is 17.1. The molecule has 0 fully saturated rings. The lowest BCUT2D eigenvalue weighted by atomic mass is 10.2. The number of rotatable bonds is 10. The lowest BCUT2D eigenvalue weighted by Gasteiger charge is -2.09. The second kappa shape index (κ2) is 9.98. The van der Waals surface area contributed by atoms with E-state index in [1.54, 1.807) is 11.5 Å². The molecule has 12 heteroatoms. The molecule has 182 valence electrons. The molecule has 5 rings (SSSR count). The molecule has 0 aliphatic heterocycles. The smallest absolute Gasteiger partial charge is 0.286 e. The molecule has 4 heterocycles. The molecule has 35 heavy (non-hydrogen) atoms. The van der Waals surface area contributed by atoms with Gasteiger partial charge in [-0.15, -0.1) is 10.2 Å². The molecular weight excluding hydrogens is 516 g/mol. The van der Waals surface area contributed by atoms with Crippen molar-refractivity contribution in [2.45, 2.75) is 52.0 Å². The van der Waals surface area contributed by atoms with Gasteiger partial charge in [0.25, 0.3) is 5.56 Å². The second-order valence-electron chi connectivity index (χ2n) is 8.21. The Bertz CT molecular complexity index is 1530. The monoisotopic (exact) mass is 540 g/mol. The number of imidazole rings is 1. The molecule has 0 saturated carbocycles. The summed E-state index contributed by atoms with van der Waals surface area (Å²) in [5, 5.41) is 12.8. The number of fused-ring (bicyclic) bond motifs is 2. The fourth-order valence-corrected chi connectivity index (χ4v) is 4.52. The number of nitrogens with one attached hydrogen (secondary N) is 1.